The van der Waals surface area contributed by atoms with E-state index >= 15 is 0 Å². The van der Waals surface area contributed by atoms with Crippen LogP contribution in [-0.4, -0.2) is 142 Å². The van der Waals surface area contributed by atoms with Gasteiger partial charge in [-0.2, -0.15) is 13.2 Å². The van der Waals surface area contributed by atoms with Gasteiger partial charge in [-0.25, -0.2) is 39.9 Å². The molecule has 2 fully saturated rings. The molecule has 22 nitrogen and oxygen atoms in total. The Kier molecular flexibility index (Phi) is 33.1. The van der Waals surface area contributed by atoms with Gasteiger partial charge in [0.05, 0.1) is 57.1 Å². The predicted octanol–water partition coefficient (Wildman–Crippen LogP) is 21.2. The molecule has 0 radical (unpaired) electrons. The first-order chi connectivity index (χ1) is 58.7. The zero-order chi connectivity index (χ0) is 86.0. The van der Waals surface area contributed by atoms with Gasteiger partial charge in [0.2, 0.25) is 0 Å². The Morgan fingerprint density at radius 1 is 0.496 bits per heavy atom. The lowest BCUT2D eigenvalue weighted by Gasteiger charge is -2.26. The molecule has 640 valence electrons. The van der Waals surface area contributed by atoms with Crippen molar-refractivity contribution in [3.63, 3.8) is 0 Å². The van der Waals surface area contributed by atoms with Crippen molar-refractivity contribution in [1.29, 1.82) is 0 Å². The van der Waals surface area contributed by atoms with Crippen LogP contribution in [0.5, 0.6) is 11.5 Å². The number of aryl methyl sites for hydroxylation is 3. The fourth-order valence-corrected chi connectivity index (χ4v) is 16.2. The summed E-state index contributed by atoms with van der Waals surface area (Å²) in [5.74, 6) is 4.04. The molecule has 0 N–H and O–H groups in total. The van der Waals surface area contributed by atoms with Crippen LogP contribution in [-0.2, 0) is 51.9 Å². The number of methoxy groups -OCH3 is 2. The summed E-state index contributed by atoms with van der Waals surface area (Å²) in [4.78, 5) is 97.7. The molecule has 4 aromatic carbocycles. The van der Waals surface area contributed by atoms with Gasteiger partial charge in [-0.15, -0.1) is 6.58 Å². The summed E-state index contributed by atoms with van der Waals surface area (Å²) in [6.07, 6.45) is 23.4. The maximum atomic E-state index is 13.7. The molecule has 2 aliphatic rings. The van der Waals surface area contributed by atoms with Crippen molar-refractivity contribution in [3.05, 3.63) is 239 Å². The van der Waals surface area contributed by atoms with E-state index in [-0.39, 0.29) is 35.9 Å². The number of aromatic nitrogens is 12. The van der Waals surface area contributed by atoms with Crippen molar-refractivity contribution in [2.75, 3.05) is 40.4 Å². The van der Waals surface area contributed by atoms with Crippen molar-refractivity contribution in [3.8, 4) is 11.5 Å². The molecule has 8 heterocycles. The minimum atomic E-state index is -4.59. The number of fused-ring (bicyclic) bond motifs is 4. The average molecular weight is 1670 g/mol. The lowest BCUT2D eigenvalue weighted by molar-refractivity contribution is -0.138. The smallest absolute Gasteiger partial charge is 0.417 e. The second-order valence-electron chi connectivity index (χ2n) is 31.4. The van der Waals surface area contributed by atoms with E-state index in [0.717, 1.165) is 170 Å². The maximum Gasteiger partial charge on any atom is 0.417 e. The van der Waals surface area contributed by atoms with Crippen LogP contribution in [0, 0.1) is 5.92 Å². The van der Waals surface area contributed by atoms with Crippen LogP contribution < -0.4 is 9.47 Å². The number of hydrogen-bond donors (Lipinski definition) is 0. The third-order valence-corrected chi connectivity index (χ3v) is 22.1. The second-order valence-corrected chi connectivity index (χ2v) is 31.8. The molecule has 12 aromatic rings. The molecule has 121 heavy (non-hydrogen) atoms. The zero-order valence-electron chi connectivity index (χ0n) is 71.5. The molecule has 14 rings (SSSR count). The van der Waals surface area contributed by atoms with E-state index in [4.69, 9.17) is 41.0 Å². The molecular weight excluding hydrogens is 1550 g/mol. The molecule has 0 bridgehead atoms. The number of alkyl halides is 3. The Balaban J connectivity index is 0.000000158. The lowest BCUT2D eigenvalue weighted by atomic mass is 10.0. The van der Waals surface area contributed by atoms with Crippen LogP contribution in [0.15, 0.2) is 177 Å². The Hall–Kier alpha value is -11.3. The quantitative estimate of drug-likeness (QED) is 0.0270. The van der Waals surface area contributed by atoms with Gasteiger partial charge < -0.3 is 47.3 Å². The number of unbranched alkanes of at least 4 members (excludes halogenated alkanes) is 4. The molecule has 2 saturated carbocycles. The average Bonchev–Trinajstić information content (AvgIpc) is 1.59. The molecule has 8 aromatic heterocycles. The number of hydrogen-bond acceptors (Lipinski definition) is 14. The molecule has 0 aliphatic heterocycles. The highest BCUT2D eigenvalue weighted by Crippen LogP contribution is 2.38. The number of benzene rings is 4. The van der Waals surface area contributed by atoms with Crippen LogP contribution in [0.2, 0.25) is 5.02 Å². The second kappa shape index (κ2) is 44.3. The first kappa shape index (κ1) is 90.4. The number of nitrogens with zero attached hydrogens (tertiary/aromatic N) is 16. The minimum Gasteiger partial charge on any atom is -0.497 e. The Bertz CT molecular complexity index is 5400. The molecular formula is C95H116ClF3N16O6. The van der Waals surface area contributed by atoms with Crippen LogP contribution >= 0.6 is 11.6 Å². The van der Waals surface area contributed by atoms with Crippen LogP contribution in [0.25, 0.3) is 44.7 Å². The van der Waals surface area contributed by atoms with Crippen molar-refractivity contribution in [2.45, 2.75) is 222 Å². The van der Waals surface area contributed by atoms with Gasteiger partial charge >= 0.3 is 6.18 Å². The lowest BCUT2D eigenvalue weighted by Crippen LogP contribution is -2.35. The molecule has 0 saturated heterocycles. The van der Waals surface area contributed by atoms with Gasteiger partial charge in [0, 0.05) is 92.3 Å². The van der Waals surface area contributed by atoms with E-state index in [1.54, 1.807) is 80.1 Å². The number of halogens is 4. The first-order valence-electron chi connectivity index (χ1n) is 43.0. The minimum absolute atomic E-state index is 0.0802. The van der Waals surface area contributed by atoms with Crippen molar-refractivity contribution < 1.29 is 41.8 Å². The number of rotatable bonds is 34. The van der Waals surface area contributed by atoms with E-state index < -0.39 is 17.6 Å². The van der Waals surface area contributed by atoms with Gasteiger partial charge in [0.25, 0.3) is 23.6 Å². The van der Waals surface area contributed by atoms with Crippen molar-refractivity contribution >= 4 is 79.9 Å². The number of carbonyl (C=O) groups excluding carboxylic acids is 4. The van der Waals surface area contributed by atoms with Crippen LogP contribution in [0.4, 0.5) is 13.2 Å². The normalized spacial score (nSPS) is 12.9. The molecule has 2 aliphatic carbocycles. The summed E-state index contributed by atoms with van der Waals surface area (Å²) in [5, 5.41) is 0.539. The summed E-state index contributed by atoms with van der Waals surface area (Å²) >= 11 is 6.04. The van der Waals surface area contributed by atoms with E-state index in [9.17, 15) is 32.3 Å². The summed E-state index contributed by atoms with van der Waals surface area (Å²) in [5.41, 5.74) is 8.66. The van der Waals surface area contributed by atoms with Crippen LogP contribution in [0.1, 0.15) is 246 Å². The van der Waals surface area contributed by atoms with E-state index in [1.807, 2.05) is 89.8 Å². The van der Waals surface area contributed by atoms with Gasteiger partial charge in [-0.1, -0.05) is 148 Å². The van der Waals surface area contributed by atoms with E-state index in [1.165, 1.54) is 60.8 Å². The van der Waals surface area contributed by atoms with Gasteiger partial charge in [0.1, 0.15) is 56.9 Å². The number of carbonyl (C=O) groups is 4. The fraction of sp³-hybridized carbons (Fsp3) is 0.432. The Morgan fingerprint density at radius 2 is 0.967 bits per heavy atom. The first-order valence-corrected chi connectivity index (χ1v) is 43.3. The number of amides is 4. The van der Waals surface area contributed by atoms with Crippen molar-refractivity contribution in [1.82, 2.24) is 77.7 Å². The maximum absolute atomic E-state index is 13.7. The summed E-state index contributed by atoms with van der Waals surface area (Å²) in [6, 6.07) is 41.4. The highest BCUT2D eigenvalue weighted by molar-refractivity contribution is 6.31. The molecule has 0 unspecified atom stereocenters. The third-order valence-electron chi connectivity index (χ3n) is 21.9. The zero-order valence-corrected chi connectivity index (χ0v) is 72.3. The SMILES string of the molecule is C=CCN(Cc1nc2cccnc2n1CCC)C(=O)c1cccc(Cl)c1.CCCCCc1ccc(C(=O)N(CCCC)Cc2nc3cccnc3n2CCC)cc1.CCCCN(Cc1nc2cccnc2n1C1CCCC1)C(=O)c1ccccc1C(F)(F)F.COc1ccc(OC)c(C(=O)N(Cc2nc3cccnc3n2C2CCCC2)CC(C)C)c1. The van der Waals surface area contributed by atoms with Gasteiger partial charge in [0.15, 0.2) is 22.6 Å². The molecule has 0 atom stereocenters. The van der Waals surface area contributed by atoms with Gasteiger partial charge in [-0.05, 0) is 185 Å². The molecule has 4 amide bonds. The molecule has 26 heteroatoms. The van der Waals surface area contributed by atoms with E-state index in [2.05, 4.69) is 98.5 Å². The highest BCUT2D eigenvalue weighted by atomic mass is 35.5. The monoisotopic (exact) mass is 1670 g/mol. The largest absolute Gasteiger partial charge is 0.497 e. The number of ether oxygens (including phenoxy) is 2. The summed E-state index contributed by atoms with van der Waals surface area (Å²) in [7, 11) is 3.18. The van der Waals surface area contributed by atoms with Crippen LogP contribution in [0.3, 0.4) is 0 Å². The van der Waals surface area contributed by atoms with Gasteiger partial charge in [-0.3, -0.25) is 19.2 Å². The summed E-state index contributed by atoms with van der Waals surface area (Å²) in [6.45, 7) is 23.9. The Morgan fingerprint density at radius 3 is 1.45 bits per heavy atom. The van der Waals surface area contributed by atoms with E-state index in [0.29, 0.717) is 91.1 Å². The topological polar surface area (TPSA) is 223 Å². The van der Waals surface area contributed by atoms with Crippen molar-refractivity contribution in [2.24, 2.45) is 5.92 Å². The Labute approximate surface area is 713 Å². The number of imidazole rings is 4. The molecule has 0 spiro atoms. The third kappa shape index (κ3) is 23.2. The fourth-order valence-electron chi connectivity index (χ4n) is 16.0. The standard InChI is InChI=1S/C26H36N4O.C25H32N4O3.C24H27F3N4O.C20H21ClN4O/c1-4-7-9-11-21-13-15-22(16-14-21)26(31)29(19-8-5-2)20-24-28-23-12-10-17-27-25(23)30(24)18-6-3;1-17(2)15-28(25(30)20-14-19(31-3)11-12-22(20)32-4)16-23-27-21-10-7-13-26-24(21)29(23)18-8-5-6-9-18;1-2-3-15-30(23(32)18-11-6-7-12-19(18)24(25,26)27)16-21-29-20-13-8-14-28-22(20)31(21)17-9-4-5-10-17;1-3-11-24(20(26)15-7-5-8-16(21)13-15)14-18-23-17-9-6-10-22-19(17)25(18)12-4-2/h10,12-17H,4-9,11,18-20H2,1-3H3;7,10-14,17-18H,5-6,8-9,15-16H2,1-4H3;6-8,11-14,17H,2-5,9-10,15-16H2,1H3;3,5-10,13H,1,4,11-12,14H2,2H3. The number of pyridine rings is 4. The highest BCUT2D eigenvalue weighted by Gasteiger charge is 2.37. The predicted molar refractivity (Wildman–Crippen MR) is 472 cm³/mol. The summed E-state index contributed by atoms with van der Waals surface area (Å²) < 4.78 is 60.2.